The molecule has 0 fully saturated rings. The van der Waals surface area contributed by atoms with Crippen LogP contribution in [0.4, 0.5) is 0 Å². The van der Waals surface area contributed by atoms with Crippen LogP contribution in [0.3, 0.4) is 0 Å². The summed E-state index contributed by atoms with van der Waals surface area (Å²) in [5.74, 6) is 0.767. The summed E-state index contributed by atoms with van der Waals surface area (Å²) in [5, 5.41) is 0. The van der Waals surface area contributed by atoms with E-state index in [0.29, 0.717) is 0 Å². The fourth-order valence-corrected chi connectivity index (χ4v) is 2.32. The molecule has 0 radical (unpaired) electrons. The Morgan fingerprint density at radius 3 is 2.53 bits per heavy atom. The molecular formula is C15H12N2. The van der Waals surface area contributed by atoms with Gasteiger partial charge in [0.25, 0.3) is 0 Å². The topological polar surface area (TPSA) is 25.8 Å². The molecule has 0 unspecified atom stereocenters. The SMILES string of the molecule is C=Cc1nc(C)nc2c1C(=C)c1ccccc1-2. The van der Waals surface area contributed by atoms with E-state index in [4.69, 9.17) is 0 Å². The molecule has 0 saturated carbocycles. The van der Waals surface area contributed by atoms with Crippen LogP contribution in [-0.2, 0) is 0 Å². The molecule has 1 aromatic carbocycles. The van der Waals surface area contributed by atoms with E-state index in [-0.39, 0.29) is 0 Å². The molecule has 3 rings (SSSR count). The van der Waals surface area contributed by atoms with Crippen LogP contribution < -0.4 is 0 Å². The molecule has 0 spiro atoms. The summed E-state index contributed by atoms with van der Waals surface area (Å²) in [6.07, 6.45) is 1.77. The summed E-state index contributed by atoms with van der Waals surface area (Å²) in [6.45, 7) is 9.86. The molecule has 0 N–H and O–H groups in total. The summed E-state index contributed by atoms with van der Waals surface area (Å²) in [6, 6.07) is 8.18. The summed E-state index contributed by atoms with van der Waals surface area (Å²) in [4.78, 5) is 8.94. The molecular weight excluding hydrogens is 208 g/mol. The highest BCUT2D eigenvalue weighted by Crippen LogP contribution is 2.43. The van der Waals surface area contributed by atoms with Crippen LogP contribution in [-0.4, -0.2) is 9.97 Å². The van der Waals surface area contributed by atoms with Gasteiger partial charge >= 0.3 is 0 Å². The highest BCUT2D eigenvalue weighted by Gasteiger charge is 2.25. The minimum absolute atomic E-state index is 0.767. The lowest BCUT2D eigenvalue weighted by Crippen LogP contribution is -1.97. The Morgan fingerprint density at radius 1 is 1.12 bits per heavy atom. The van der Waals surface area contributed by atoms with Crippen molar-refractivity contribution in [2.75, 3.05) is 0 Å². The maximum absolute atomic E-state index is 4.53. The number of aryl methyl sites for hydroxylation is 1. The number of nitrogens with zero attached hydrogens (tertiary/aromatic N) is 2. The number of benzene rings is 1. The Kier molecular flexibility index (Phi) is 1.99. The van der Waals surface area contributed by atoms with Crippen LogP contribution in [0.25, 0.3) is 22.9 Å². The lowest BCUT2D eigenvalue weighted by molar-refractivity contribution is 1.05. The smallest absolute Gasteiger partial charge is 0.126 e. The first-order valence-corrected chi connectivity index (χ1v) is 5.52. The van der Waals surface area contributed by atoms with E-state index in [9.17, 15) is 0 Å². The first kappa shape index (κ1) is 9.97. The Labute approximate surface area is 100 Å². The van der Waals surface area contributed by atoms with E-state index >= 15 is 0 Å². The van der Waals surface area contributed by atoms with Gasteiger partial charge in [0, 0.05) is 11.1 Å². The van der Waals surface area contributed by atoms with Gasteiger partial charge in [0.1, 0.15) is 5.82 Å². The second-order valence-corrected chi connectivity index (χ2v) is 4.11. The number of aromatic nitrogens is 2. The third-order valence-corrected chi connectivity index (χ3v) is 3.05. The number of fused-ring (bicyclic) bond motifs is 3. The standard InChI is InChI=1S/C15H12N2/c1-4-13-14-9(2)11-7-5-6-8-12(11)15(14)17-10(3)16-13/h4-8H,1-2H2,3H3. The van der Waals surface area contributed by atoms with Crippen LogP contribution in [0, 0.1) is 6.92 Å². The van der Waals surface area contributed by atoms with Crippen LogP contribution in [0.2, 0.25) is 0 Å². The molecule has 2 aromatic rings. The monoisotopic (exact) mass is 220 g/mol. The van der Waals surface area contributed by atoms with Crippen LogP contribution >= 0.6 is 0 Å². The van der Waals surface area contributed by atoms with E-state index in [2.05, 4.69) is 35.3 Å². The van der Waals surface area contributed by atoms with Crippen LogP contribution in [0.1, 0.15) is 22.6 Å². The Bertz CT molecular complexity index is 654. The lowest BCUT2D eigenvalue weighted by Gasteiger charge is -2.05. The predicted molar refractivity (Wildman–Crippen MR) is 70.4 cm³/mol. The van der Waals surface area contributed by atoms with Crippen molar-refractivity contribution >= 4 is 11.6 Å². The van der Waals surface area contributed by atoms with E-state index in [1.54, 1.807) is 6.08 Å². The average molecular weight is 220 g/mol. The van der Waals surface area contributed by atoms with Gasteiger partial charge in [-0.15, -0.1) is 0 Å². The van der Waals surface area contributed by atoms with Crippen molar-refractivity contribution in [1.29, 1.82) is 0 Å². The first-order valence-electron chi connectivity index (χ1n) is 5.52. The third-order valence-electron chi connectivity index (χ3n) is 3.05. The normalized spacial score (nSPS) is 12.2. The molecule has 1 heterocycles. The lowest BCUT2D eigenvalue weighted by atomic mass is 10.1. The second-order valence-electron chi connectivity index (χ2n) is 4.11. The molecule has 0 atom stereocenters. The van der Waals surface area contributed by atoms with E-state index in [0.717, 1.165) is 39.5 Å². The molecule has 1 aromatic heterocycles. The summed E-state index contributed by atoms with van der Waals surface area (Å²) in [7, 11) is 0. The fraction of sp³-hybridized carbons (Fsp3) is 0.0667. The Hall–Kier alpha value is -2.22. The second kappa shape index (κ2) is 3.39. The van der Waals surface area contributed by atoms with Gasteiger partial charge in [-0.05, 0) is 24.1 Å². The van der Waals surface area contributed by atoms with Gasteiger partial charge in [-0.2, -0.15) is 0 Å². The van der Waals surface area contributed by atoms with E-state index in [1.807, 2.05) is 19.1 Å². The van der Waals surface area contributed by atoms with Gasteiger partial charge in [-0.1, -0.05) is 37.4 Å². The highest BCUT2D eigenvalue weighted by molar-refractivity contribution is 6.00. The van der Waals surface area contributed by atoms with Crippen LogP contribution in [0.15, 0.2) is 37.4 Å². The molecule has 2 heteroatoms. The molecule has 17 heavy (non-hydrogen) atoms. The molecule has 1 aliphatic rings. The minimum Gasteiger partial charge on any atom is -0.233 e. The Balaban J connectivity index is 2.42. The minimum atomic E-state index is 0.767. The zero-order valence-electron chi connectivity index (χ0n) is 9.70. The van der Waals surface area contributed by atoms with Crippen molar-refractivity contribution in [3.05, 3.63) is 60.1 Å². The van der Waals surface area contributed by atoms with E-state index in [1.165, 1.54) is 0 Å². The summed E-state index contributed by atoms with van der Waals surface area (Å²) >= 11 is 0. The third kappa shape index (κ3) is 1.27. The fourth-order valence-electron chi connectivity index (χ4n) is 2.32. The average Bonchev–Trinajstić information content (AvgIpc) is 2.63. The van der Waals surface area contributed by atoms with Gasteiger partial charge in [-0.3, -0.25) is 0 Å². The number of hydrogen-bond acceptors (Lipinski definition) is 2. The van der Waals surface area contributed by atoms with Crippen molar-refractivity contribution in [3.8, 4) is 11.3 Å². The quantitative estimate of drug-likeness (QED) is 0.627. The van der Waals surface area contributed by atoms with Gasteiger partial charge < -0.3 is 0 Å². The molecule has 82 valence electrons. The summed E-state index contributed by atoms with van der Waals surface area (Å²) in [5.41, 5.74) is 6.14. The van der Waals surface area contributed by atoms with Gasteiger partial charge in [0.2, 0.25) is 0 Å². The zero-order chi connectivity index (χ0) is 12.0. The van der Waals surface area contributed by atoms with Crippen molar-refractivity contribution < 1.29 is 0 Å². The molecule has 0 amide bonds. The van der Waals surface area contributed by atoms with Crippen molar-refractivity contribution in [2.45, 2.75) is 6.92 Å². The summed E-state index contributed by atoms with van der Waals surface area (Å²) < 4.78 is 0. The Morgan fingerprint density at radius 2 is 1.82 bits per heavy atom. The number of hydrogen-bond donors (Lipinski definition) is 0. The van der Waals surface area contributed by atoms with Gasteiger partial charge in [0.15, 0.2) is 0 Å². The van der Waals surface area contributed by atoms with Crippen molar-refractivity contribution in [1.82, 2.24) is 9.97 Å². The van der Waals surface area contributed by atoms with Crippen molar-refractivity contribution in [3.63, 3.8) is 0 Å². The molecule has 0 saturated heterocycles. The zero-order valence-corrected chi connectivity index (χ0v) is 9.70. The first-order chi connectivity index (χ1) is 8.22. The molecule has 1 aliphatic carbocycles. The molecule has 2 nitrogen and oxygen atoms in total. The molecule has 0 aliphatic heterocycles. The maximum atomic E-state index is 4.53. The highest BCUT2D eigenvalue weighted by atomic mass is 14.9. The molecule has 0 bridgehead atoms. The van der Waals surface area contributed by atoms with E-state index < -0.39 is 0 Å². The number of rotatable bonds is 1. The van der Waals surface area contributed by atoms with Gasteiger partial charge in [-0.25, -0.2) is 9.97 Å². The van der Waals surface area contributed by atoms with Gasteiger partial charge in [0.05, 0.1) is 11.4 Å². The largest absolute Gasteiger partial charge is 0.233 e. The van der Waals surface area contributed by atoms with Crippen molar-refractivity contribution in [2.24, 2.45) is 0 Å². The predicted octanol–water partition coefficient (Wildman–Crippen LogP) is 3.47. The maximum Gasteiger partial charge on any atom is 0.126 e. The van der Waals surface area contributed by atoms with Crippen LogP contribution in [0.5, 0.6) is 0 Å².